The number of nitrogens with one attached hydrogen (secondary N) is 1. The minimum Gasteiger partial charge on any atom is -0.472 e. The highest BCUT2D eigenvalue weighted by atomic mass is 35.5. The van der Waals surface area contributed by atoms with Crippen molar-refractivity contribution in [2.24, 2.45) is 7.05 Å². The molecule has 3 heterocycles. The molecule has 104 valence electrons. The van der Waals surface area contributed by atoms with Gasteiger partial charge in [0, 0.05) is 30.3 Å². The van der Waals surface area contributed by atoms with Crippen LogP contribution in [0.3, 0.4) is 0 Å². The van der Waals surface area contributed by atoms with Gasteiger partial charge in [0.25, 0.3) is 0 Å². The molecule has 3 rings (SSSR count). The zero-order valence-electron chi connectivity index (χ0n) is 11.2. The van der Waals surface area contributed by atoms with E-state index in [1.807, 2.05) is 0 Å². The number of halogens is 1. The number of ether oxygens (including phenoxy) is 1. The van der Waals surface area contributed by atoms with Crippen LogP contribution in [0.5, 0.6) is 5.88 Å². The summed E-state index contributed by atoms with van der Waals surface area (Å²) in [6.45, 7) is 0.109. The standard InChI is InChI=1S/C10H9ClN6O2S/c1-16-10(18)17(15-14-16)7-5-20-9(11)6(7)4-19-8-2-3-12-13-8/h2-3,5H,4H2,1H3,(H,12,13)/i/hT. The summed E-state index contributed by atoms with van der Waals surface area (Å²) in [5.41, 5.74) is 0.762. The van der Waals surface area contributed by atoms with Crippen molar-refractivity contribution >= 4 is 22.9 Å². The maximum Gasteiger partial charge on any atom is 0.368 e. The van der Waals surface area contributed by atoms with Crippen molar-refractivity contribution in [3.05, 3.63) is 38.0 Å². The molecular weight excluding hydrogens is 304 g/mol. The average molecular weight is 315 g/mol. The maximum absolute atomic E-state index is 11.9. The lowest BCUT2D eigenvalue weighted by atomic mass is 10.3. The van der Waals surface area contributed by atoms with Crippen LogP contribution in [0.2, 0.25) is 5.75 Å². The van der Waals surface area contributed by atoms with Crippen molar-refractivity contribution in [2.45, 2.75) is 6.61 Å². The summed E-state index contributed by atoms with van der Waals surface area (Å²) in [5.74, 6) is 0.296. The van der Waals surface area contributed by atoms with Crippen LogP contribution in [0.25, 0.3) is 5.69 Å². The molecular formula is C10H9ClN6O2S. The minimum absolute atomic E-state index is 0.109. The van der Waals surface area contributed by atoms with Gasteiger partial charge in [-0.05, 0) is 10.4 Å². The molecule has 0 atom stereocenters. The van der Waals surface area contributed by atoms with Gasteiger partial charge in [-0.1, -0.05) is 11.6 Å². The van der Waals surface area contributed by atoms with E-state index in [2.05, 4.69) is 15.5 Å². The van der Waals surface area contributed by atoms with Crippen molar-refractivity contribution < 1.29 is 6.15 Å². The molecule has 3 aromatic heterocycles. The van der Waals surface area contributed by atoms with Crippen LogP contribution in [-0.2, 0) is 13.7 Å². The molecule has 10 heteroatoms. The predicted molar refractivity (Wildman–Crippen MR) is 72.4 cm³/mol. The number of aromatic amines is 1. The summed E-state index contributed by atoms with van der Waals surface area (Å²) in [5, 5.41) is 13.8. The van der Waals surface area contributed by atoms with Crippen LogP contribution < -0.4 is 10.4 Å². The number of hydrogen-bond acceptors (Lipinski definition) is 6. The fourth-order valence-corrected chi connectivity index (χ4v) is 2.62. The highest BCUT2D eigenvalue weighted by Gasteiger charge is 2.17. The monoisotopic (exact) mass is 314 g/mol. The van der Waals surface area contributed by atoms with Crippen LogP contribution in [0.15, 0.2) is 22.4 Å². The van der Waals surface area contributed by atoms with E-state index in [4.69, 9.17) is 17.7 Å². The second-order valence-electron chi connectivity index (χ2n) is 3.83. The molecule has 0 bridgehead atoms. The highest BCUT2D eigenvalue weighted by molar-refractivity contribution is 7.14. The van der Waals surface area contributed by atoms with E-state index in [9.17, 15) is 4.79 Å². The lowest BCUT2D eigenvalue weighted by molar-refractivity contribution is 0.293. The summed E-state index contributed by atoms with van der Waals surface area (Å²) < 4.78 is 15.5. The molecule has 1 N–H and O–H groups in total. The first-order valence-electron chi connectivity index (χ1n) is 5.94. The van der Waals surface area contributed by atoms with Crippen LogP contribution >= 0.6 is 22.9 Å². The average Bonchev–Trinajstić information content (AvgIpc) is 3.11. The Morgan fingerprint density at radius 3 is 3.10 bits per heavy atom. The van der Waals surface area contributed by atoms with Gasteiger partial charge in [0.2, 0.25) is 5.88 Å². The van der Waals surface area contributed by atoms with Gasteiger partial charge in [0.1, 0.15) is 10.9 Å². The third kappa shape index (κ3) is 2.21. The van der Waals surface area contributed by atoms with Crippen molar-refractivity contribution in [3.8, 4) is 11.6 Å². The molecule has 0 amide bonds. The van der Waals surface area contributed by atoms with Gasteiger partial charge in [-0.15, -0.1) is 16.4 Å². The van der Waals surface area contributed by atoms with E-state index >= 15 is 0 Å². The van der Waals surface area contributed by atoms with Crippen LogP contribution in [-0.4, -0.2) is 30.0 Å². The van der Waals surface area contributed by atoms with Crippen molar-refractivity contribution in [2.75, 3.05) is 0 Å². The molecule has 0 aromatic carbocycles. The zero-order chi connectivity index (χ0) is 15.0. The number of rotatable bonds is 4. The first-order chi connectivity index (χ1) is 10.1. The first-order valence-corrected chi connectivity index (χ1v) is 6.75. The Hall–Kier alpha value is -2.13. The number of thiophene rings is 1. The van der Waals surface area contributed by atoms with Gasteiger partial charge >= 0.3 is 5.69 Å². The summed E-state index contributed by atoms with van der Waals surface area (Å²) in [4.78, 5) is 11.9. The molecule has 0 aliphatic rings. The minimum atomic E-state index is -0.374. The van der Waals surface area contributed by atoms with Crippen molar-refractivity contribution in [3.63, 3.8) is 0 Å². The van der Waals surface area contributed by atoms with E-state index in [0.29, 0.717) is 21.5 Å². The fraction of sp³-hybridized carbons (Fsp3) is 0.200. The van der Waals surface area contributed by atoms with Gasteiger partial charge in [-0.2, -0.15) is 9.36 Å². The smallest absolute Gasteiger partial charge is 0.368 e. The number of nitrogens with zero attached hydrogens (tertiary/aromatic N) is 5. The van der Waals surface area contributed by atoms with Crippen LogP contribution in [0.1, 0.15) is 5.56 Å². The molecule has 0 saturated heterocycles. The molecule has 20 heavy (non-hydrogen) atoms. The van der Waals surface area contributed by atoms with E-state index in [0.717, 1.165) is 14.5 Å². The lowest BCUT2D eigenvalue weighted by Gasteiger charge is -2.04. The topological polar surface area (TPSA) is 90.6 Å². The maximum atomic E-state index is 11.9. The zero-order valence-corrected chi connectivity index (χ0v) is 11.8. The second-order valence-corrected chi connectivity index (χ2v) is 5.31. The number of tetrazole rings is 1. The molecule has 0 radical (unpaired) electrons. The van der Waals surface area contributed by atoms with E-state index in [-0.39, 0.29) is 12.3 Å². The van der Waals surface area contributed by atoms with E-state index in [1.165, 1.54) is 24.6 Å². The Morgan fingerprint density at radius 2 is 2.45 bits per heavy atom. The Labute approximate surface area is 123 Å². The number of aromatic nitrogens is 6. The molecule has 0 spiro atoms. The fourth-order valence-electron chi connectivity index (χ4n) is 1.57. The van der Waals surface area contributed by atoms with Crippen LogP contribution in [0.4, 0.5) is 0 Å². The molecule has 0 aliphatic carbocycles. The largest absolute Gasteiger partial charge is 0.472 e. The molecule has 8 nitrogen and oxygen atoms in total. The molecule has 0 fully saturated rings. The normalized spacial score (nSPS) is 11.6. The number of hydrogen-bond donors (Lipinski definition) is 1. The Morgan fingerprint density at radius 1 is 1.60 bits per heavy atom. The summed E-state index contributed by atoms with van der Waals surface area (Å²) in [7, 11) is 1.51. The number of aryl methyl sites for hydroxylation is 1. The van der Waals surface area contributed by atoms with E-state index < -0.39 is 0 Å². The SMILES string of the molecule is [3H]n1ccc(OCc2c(-n3nnn(C)c3=O)csc2Cl)n1. The van der Waals surface area contributed by atoms with Gasteiger partial charge in [0.05, 0.1) is 5.69 Å². The third-order valence-electron chi connectivity index (χ3n) is 2.57. The Bertz CT molecular complexity index is 837. The van der Waals surface area contributed by atoms with Gasteiger partial charge in [-0.3, -0.25) is 5.09 Å². The van der Waals surface area contributed by atoms with Crippen molar-refractivity contribution in [1.29, 1.82) is 0 Å². The summed E-state index contributed by atoms with van der Waals surface area (Å²) >= 11 is 7.40. The van der Waals surface area contributed by atoms with Crippen molar-refractivity contribution in [1.82, 2.24) is 30.0 Å². The van der Waals surface area contributed by atoms with E-state index in [1.54, 1.807) is 11.4 Å². The molecule has 0 aliphatic heterocycles. The van der Waals surface area contributed by atoms with Gasteiger partial charge in [0.15, 0.2) is 1.41 Å². The van der Waals surface area contributed by atoms with Gasteiger partial charge < -0.3 is 4.74 Å². The highest BCUT2D eigenvalue weighted by Crippen LogP contribution is 2.30. The molecule has 3 aromatic rings. The second kappa shape index (κ2) is 5.10. The van der Waals surface area contributed by atoms with Crippen LogP contribution in [0, 0.1) is 0 Å². The predicted octanol–water partition coefficient (Wildman–Crippen LogP) is 0.983. The van der Waals surface area contributed by atoms with Gasteiger partial charge in [-0.25, -0.2) is 4.79 Å². The third-order valence-corrected chi connectivity index (χ3v) is 3.86. The Balaban J connectivity index is 1.90. The molecule has 0 saturated carbocycles. The lowest BCUT2D eigenvalue weighted by Crippen LogP contribution is -2.22. The summed E-state index contributed by atoms with van der Waals surface area (Å²) in [6, 6.07) is 1.56. The number of H-pyrrole nitrogens is 1. The quantitative estimate of drug-likeness (QED) is 0.775. The summed E-state index contributed by atoms with van der Waals surface area (Å²) in [6.07, 6.45) is 1.44. The molecule has 0 unspecified atom stereocenters. The first kappa shape index (κ1) is 11.7. The Kier molecular flexibility index (Phi) is 2.98.